The maximum absolute atomic E-state index is 14.8. The van der Waals surface area contributed by atoms with Gasteiger partial charge in [0, 0.05) is 42.2 Å². The maximum Gasteiger partial charge on any atom is 2.00 e. The number of aliphatic hydroxyl groups excluding tert-OH is 1. The fourth-order valence-electron chi connectivity index (χ4n) is 7.66. The van der Waals surface area contributed by atoms with Crippen LogP contribution in [0.1, 0.15) is 45.1 Å². The van der Waals surface area contributed by atoms with Crippen LogP contribution in [-0.4, -0.2) is 112 Å². The fraction of sp³-hybridized carbons (Fsp3) is 0.378. The van der Waals surface area contributed by atoms with Crippen molar-refractivity contribution in [1.29, 1.82) is 0 Å². The van der Waals surface area contributed by atoms with Gasteiger partial charge in [-0.25, -0.2) is 18.2 Å². The van der Waals surface area contributed by atoms with E-state index < -0.39 is 115 Å². The van der Waals surface area contributed by atoms with Gasteiger partial charge in [0.2, 0.25) is 47.3 Å². The van der Waals surface area contributed by atoms with Gasteiger partial charge < -0.3 is 64.6 Å². The maximum atomic E-state index is 14.8. The van der Waals surface area contributed by atoms with Crippen LogP contribution in [-0.2, 0) is 61.8 Å². The molecule has 0 saturated carbocycles. The Morgan fingerprint density at radius 3 is 2.12 bits per heavy atom. The number of hydrazine groups is 2. The summed E-state index contributed by atoms with van der Waals surface area (Å²) in [7, 11) is 0. The number of amides is 8. The summed E-state index contributed by atoms with van der Waals surface area (Å²) >= 11 is 0. The normalized spacial score (nSPS) is 17.9. The zero-order chi connectivity index (χ0) is 48.8. The quantitative estimate of drug-likeness (QED) is 0.0317. The number of fused-ring (bicyclic) bond motifs is 1. The minimum Gasteiger partial charge on any atom is -0.394 e. The van der Waals surface area contributed by atoms with Gasteiger partial charge in [-0.1, -0.05) is 44.2 Å². The summed E-state index contributed by atoms with van der Waals surface area (Å²) in [6.07, 6.45) is 2.56. The molecule has 1 unspecified atom stereocenters. The Hall–Kier alpha value is -7.04. The number of carbonyl (C=O) groups excluding carboxylic acids is 8. The van der Waals surface area contributed by atoms with Crippen molar-refractivity contribution >= 4 is 63.8 Å². The molecule has 22 nitrogen and oxygen atoms in total. The first kappa shape index (κ1) is 53.6. The molecule has 1 aromatic heterocycles. The van der Waals surface area contributed by atoms with Crippen LogP contribution in [0.15, 0.2) is 97.0 Å². The molecule has 3 aromatic carbocycles. The molecule has 0 aliphatic carbocycles. The van der Waals surface area contributed by atoms with Gasteiger partial charge in [-0.15, -0.1) is 11.6 Å². The molecule has 366 valence electrons. The molecule has 68 heavy (non-hydrogen) atoms. The number of nitrogens with two attached hydrogens (primary N) is 4. The number of hydrogen-bond acceptors (Lipinski definition) is 13. The van der Waals surface area contributed by atoms with Crippen LogP contribution in [0.2, 0.25) is 0 Å². The van der Waals surface area contributed by atoms with E-state index in [9.17, 15) is 43.5 Å². The third-order valence-electron chi connectivity index (χ3n) is 11.5. The van der Waals surface area contributed by atoms with Crippen LogP contribution >= 0.6 is 0 Å². The number of nitrogens with one attached hydrogen (secondary N) is 7. The summed E-state index contributed by atoms with van der Waals surface area (Å²) in [4.78, 5) is 110. The first-order valence-corrected chi connectivity index (χ1v) is 21.7. The van der Waals surface area contributed by atoms with Crippen molar-refractivity contribution in [2.75, 3.05) is 18.2 Å². The van der Waals surface area contributed by atoms with Crippen LogP contribution in [0.25, 0.3) is 10.9 Å². The van der Waals surface area contributed by atoms with Gasteiger partial charge in [-0.05, 0) is 24.0 Å². The Morgan fingerprint density at radius 1 is 0.838 bits per heavy atom. The number of primary amides is 3. The summed E-state index contributed by atoms with van der Waals surface area (Å²) in [5, 5.41) is 22.4. The van der Waals surface area contributed by atoms with Gasteiger partial charge in [-0.3, -0.25) is 43.4 Å². The molecule has 0 bridgehead atoms. The second-order valence-electron chi connectivity index (χ2n) is 16.4. The van der Waals surface area contributed by atoms with E-state index in [1.165, 1.54) is 4.90 Å². The number of likely N-dealkylation sites (tertiary alicyclic amines) is 1. The fourth-order valence-corrected chi connectivity index (χ4v) is 7.66. The van der Waals surface area contributed by atoms with Gasteiger partial charge in [0.1, 0.15) is 30.2 Å². The third kappa shape index (κ3) is 14.2. The SMILES string of the molecule is CC[C@H](C)[C@H](NC(=O)[C@H](CC(N)=O)NC(=O)[C@@H](N)CC(N)=O)C(=O)N1CC(C2=CN(c3ccc[cH-]3)NN2)C[C@H]1C(=O)N[C@@H](Cc1c[nH]c2ccccc12)C(=O)N[C@@H](CO)C(N)=O.[Fe+2].c1cc[cH-]c1. The van der Waals surface area contributed by atoms with E-state index in [1.54, 1.807) is 37.3 Å². The smallest absolute Gasteiger partial charge is 0.394 e. The number of aliphatic hydroxyl groups is 1. The van der Waals surface area contributed by atoms with E-state index in [0.717, 1.165) is 16.6 Å². The number of rotatable bonds is 21. The van der Waals surface area contributed by atoms with Gasteiger partial charge >= 0.3 is 17.1 Å². The Bertz CT molecular complexity index is 2370. The molecule has 23 heteroatoms. The van der Waals surface area contributed by atoms with E-state index in [2.05, 4.69) is 37.2 Å². The van der Waals surface area contributed by atoms with Crippen molar-refractivity contribution in [1.82, 2.24) is 42.1 Å². The van der Waals surface area contributed by atoms with Gasteiger partial charge in [-0.2, -0.15) is 30.3 Å². The first-order chi connectivity index (χ1) is 32.0. The predicted octanol–water partition coefficient (Wildman–Crippen LogP) is -2.04. The average Bonchev–Trinajstić information content (AvgIpc) is 4.16. The summed E-state index contributed by atoms with van der Waals surface area (Å²) in [5.41, 5.74) is 30.7. The molecule has 8 amide bonds. The zero-order valence-corrected chi connectivity index (χ0v) is 38.6. The van der Waals surface area contributed by atoms with Crippen molar-refractivity contribution in [3.05, 3.63) is 103 Å². The number of hydrogen-bond donors (Lipinski definition) is 12. The number of benzene rings is 1. The molecule has 4 aromatic rings. The number of aromatic amines is 1. The molecule has 3 heterocycles. The van der Waals surface area contributed by atoms with Crippen molar-refractivity contribution in [3.63, 3.8) is 0 Å². The number of para-hydroxylation sites is 1. The van der Waals surface area contributed by atoms with E-state index in [4.69, 9.17) is 22.9 Å². The molecule has 2 aliphatic rings. The molecular formula is C45H59FeN13O9. The second kappa shape index (κ2) is 25.2. The second-order valence-corrected chi connectivity index (χ2v) is 16.4. The predicted molar refractivity (Wildman–Crippen MR) is 246 cm³/mol. The molecule has 0 spiro atoms. The number of aromatic nitrogens is 1. The molecule has 8 atom stereocenters. The van der Waals surface area contributed by atoms with Crippen molar-refractivity contribution in [2.24, 2.45) is 34.8 Å². The van der Waals surface area contributed by atoms with Crippen LogP contribution in [0, 0.1) is 11.8 Å². The van der Waals surface area contributed by atoms with Gasteiger partial charge in [0.05, 0.1) is 31.2 Å². The summed E-state index contributed by atoms with van der Waals surface area (Å²) < 4.78 is 0. The summed E-state index contributed by atoms with van der Waals surface area (Å²) in [5.74, 6) is -8.08. The van der Waals surface area contributed by atoms with Crippen LogP contribution in [0.4, 0.5) is 5.69 Å². The molecular weight excluding hydrogens is 922 g/mol. The first-order valence-electron chi connectivity index (χ1n) is 21.7. The standard InChI is InChI=1S/C40H54N13O9.C5H5.Fe/c1-3-20(2)34(49-38(60)28(15-33(43)56)46-36(58)25(41)14-32(42)55)40(62)52-17-22(29-18-53(51-50-29)23-8-4-5-9-23)13-31(52)39(61)47-27(37(59)48-30(19-54)35(44)57)12-21-16-45-26-11-7-6-10-24(21)26;1-2-4-5-3-1;/h4-11,16,18,20,22,25,27-28,30-31,34,45,50-51,54H,3,12-15,17,19,41H2,1-2H3,(H2,42,55)(H2,43,56)(H2,44,57)(H,46,58)(H,47,61)(H,48,59)(H,49,60);1-5H;/q2*-1;+2/t20-,22?,25-,27-,28-,30-,31-,34-;;/m0../s1. The van der Waals surface area contributed by atoms with Crippen LogP contribution < -0.4 is 60.2 Å². The molecule has 16 N–H and O–H groups in total. The summed E-state index contributed by atoms with van der Waals surface area (Å²) in [6.45, 7) is 2.63. The van der Waals surface area contributed by atoms with Gasteiger partial charge in [0.15, 0.2) is 0 Å². The molecule has 6 rings (SSSR count). The number of carbonyl (C=O) groups is 8. The van der Waals surface area contributed by atoms with Crippen molar-refractivity contribution in [3.8, 4) is 0 Å². The zero-order valence-electron chi connectivity index (χ0n) is 37.5. The van der Waals surface area contributed by atoms with E-state index in [1.807, 2.05) is 72.8 Å². The van der Waals surface area contributed by atoms with E-state index in [0.29, 0.717) is 17.7 Å². The minimum atomic E-state index is -1.60. The largest absolute Gasteiger partial charge is 2.00 e. The molecule has 2 aliphatic heterocycles. The van der Waals surface area contributed by atoms with Crippen molar-refractivity contribution < 1.29 is 60.5 Å². The Balaban J connectivity index is 0.00000157. The number of H-pyrrole nitrogens is 1. The Morgan fingerprint density at radius 2 is 1.51 bits per heavy atom. The third-order valence-corrected chi connectivity index (χ3v) is 11.5. The van der Waals surface area contributed by atoms with Gasteiger partial charge in [0.25, 0.3) is 0 Å². The molecule has 1 saturated heterocycles. The molecule has 1 fully saturated rings. The minimum absolute atomic E-state index is 0. The molecule has 0 radical (unpaired) electrons. The monoisotopic (exact) mass is 981 g/mol. The summed E-state index contributed by atoms with van der Waals surface area (Å²) in [6, 6.07) is 16.3. The average molecular weight is 982 g/mol. The van der Waals surface area contributed by atoms with Crippen LogP contribution in [0.3, 0.4) is 0 Å². The Kier molecular flexibility index (Phi) is 19.8. The van der Waals surface area contributed by atoms with E-state index >= 15 is 0 Å². The van der Waals surface area contributed by atoms with E-state index in [-0.39, 0.29) is 36.5 Å². The van der Waals surface area contributed by atoms with Crippen LogP contribution in [0.5, 0.6) is 0 Å². The van der Waals surface area contributed by atoms with Crippen molar-refractivity contribution in [2.45, 2.75) is 82.2 Å². The number of nitrogens with zero attached hydrogens (tertiary/aromatic N) is 2. The number of anilines is 1. The Labute approximate surface area is 402 Å². The topological polar surface area (TPSA) is 355 Å².